The Labute approximate surface area is 205 Å². The van der Waals surface area contributed by atoms with Gasteiger partial charge in [0.1, 0.15) is 7.05 Å². The number of hydrogen-bond acceptors (Lipinski definition) is 2. The number of thiophene rings is 1. The molecule has 2 aromatic heterocycles. The van der Waals surface area contributed by atoms with E-state index in [2.05, 4.69) is 104 Å². The van der Waals surface area contributed by atoms with E-state index < -0.39 is 0 Å². The molecule has 0 unspecified atom stereocenters. The Morgan fingerprint density at radius 1 is 0.706 bits per heavy atom. The number of rotatable bonds is 0. The van der Waals surface area contributed by atoms with Crippen molar-refractivity contribution in [2.45, 2.75) is 16.7 Å². The summed E-state index contributed by atoms with van der Waals surface area (Å²) in [5.41, 5.74) is 4.10. The van der Waals surface area contributed by atoms with Crippen LogP contribution in [-0.4, -0.2) is 0 Å². The average Bonchev–Trinajstić information content (AvgIpc) is 3.24. The van der Waals surface area contributed by atoms with Crippen molar-refractivity contribution in [1.29, 1.82) is 0 Å². The fourth-order valence-electron chi connectivity index (χ4n) is 5.90. The third-order valence-corrected chi connectivity index (χ3v) is 9.90. The summed E-state index contributed by atoms with van der Waals surface area (Å²) in [7, 11) is 2.19. The van der Waals surface area contributed by atoms with Gasteiger partial charge in [-0.2, -0.15) is 0 Å². The van der Waals surface area contributed by atoms with Gasteiger partial charge in [0, 0.05) is 31.3 Å². The molecule has 8 rings (SSSR count). The van der Waals surface area contributed by atoms with Crippen molar-refractivity contribution in [2.75, 3.05) is 0 Å². The lowest BCUT2D eigenvalue weighted by Gasteiger charge is -2.22. The van der Waals surface area contributed by atoms with Crippen molar-refractivity contribution >= 4 is 75.6 Å². The Balaban J connectivity index is 1.58. The fourth-order valence-corrected chi connectivity index (χ4v) is 8.56. The minimum absolute atomic E-state index is 1.30. The van der Waals surface area contributed by atoms with Gasteiger partial charge in [-0.25, -0.2) is 4.57 Å². The zero-order valence-electron chi connectivity index (χ0n) is 18.8. The Hall–Kier alpha value is -3.40. The first-order valence-corrected chi connectivity index (χ1v) is 13.2. The van der Waals surface area contributed by atoms with Gasteiger partial charge in [-0.05, 0) is 57.6 Å². The highest BCUT2D eigenvalue weighted by atomic mass is 32.2. The second-order valence-corrected chi connectivity index (χ2v) is 11.4. The molecule has 3 heteroatoms. The lowest BCUT2D eigenvalue weighted by atomic mass is 9.91. The molecule has 0 aliphatic carbocycles. The first-order valence-electron chi connectivity index (χ1n) is 11.6. The molecule has 0 radical (unpaired) electrons. The summed E-state index contributed by atoms with van der Waals surface area (Å²) in [5, 5.41) is 10.8. The fraction of sp³-hybridized carbons (Fsp3) is 0.0645. The SMILES string of the molecule is Cc1c2c(cc3ccc4ccccc4c13)Sc1c3sc4ccccc4c3cc3cc[n+](C)c-2c13. The van der Waals surface area contributed by atoms with E-state index in [1.807, 2.05) is 23.1 Å². The Morgan fingerprint density at radius 3 is 2.38 bits per heavy atom. The highest BCUT2D eigenvalue weighted by Gasteiger charge is 2.31. The van der Waals surface area contributed by atoms with Gasteiger partial charge >= 0.3 is 0 Å². The van der Waals surface area contributed by atoms with Gasteiger partial charge in [0.05, 0.1) is 15.6 Å². The third-order valence-electron chi connectivity index (χ3n) is 7.42. The molecule has 0 N–H and O–H groups in total. The van der Waals surface area contributed by atoms with Crippen LogP contribution in [0.15, 0.2) is 94.9 Å². The standard InChI is InChI=1S/C31H20NS2/c1-17-26-19(12-11-18-7-3-4-8-21(18)26)16-25-27(17)29-28-20(13-14-32(29)2)15-23-22-9-5-6-10-24(22)33-30(23)31(28)34-25/h3-16H,1-2H3/q+1. The molecular weight excluding hydrogens is 450 g/mol. The second kappa shape index (κ2) is 6.59. The molecule has 5 aromatic carbocycles. The van der Waals surface area contributed by atoms with Crippen molar-refractivity contribution in [3.05, 3.63) is 90.6 Å². The van der Waals surface area contributed by atoms with Crippen LogP contribution in [0.25, 0.3) is 63.7 Å². The molecule has 0 spiro atoms. The third kappa shape index (κ3) is 2.33. The predicted octanol–water partition coefficient (Wildman–Crippen LogP) is 8.78. The van der Waals surface area contributed by atoms with Gasteiger partial charge < -0.3 is 0 Å². The van der Waals surface area contributed by atoms with E-state index in [9.17, 15) is 0 Å². The van der Waals surface area contributed by atoms with Crippen LogP contribution in [0, 0.1) is 6.92 Å². The minimum atomic E-state index is 1.30. The number of aromatic nitrogens is 1. The average molecular weight is 471 g/mol. The van der Waals surface area contributed by atoms with Crippen molar-refractivity contribution in [3.8, 4) is 11.3 Å². The van der Waals surface area contributed by atoms with Crippen LogP contribution in [0.1, 0.15) is 5.56 Å². The van der Waals surface area contributed by atoms with Gasteiger partial charge in [-0.1, -0.05) is 66.4 Å². The summed E-state index contributed by atoms with van der Waals surface area (Å²) in [4.78, 5) is 2.77. The van der Waals surface area contributed by atoms with Crippen LogP contribution in [0.2, 0.25) is 0 Å². The molecule has 0 saturated heterocycles. The number of fused-ring (bicyclic) bond motifs is 9. The van der Waals surface area contributed by atoms with Crippen LogP contribution in [-0.2, 0) is 7.05 Å². The highest BCUT2D eigenvalue weighted by Crippen LogP contribution is 2.54. The van der Waals surface area contributed by atoms with Crippen LogP contribution in [0.3, 0.4) is 0 Å². The van der Waals surface area contributed by atoms with Crippen molar-refractivity contribution in [1.82, 2.24) is 0 Å². The molecule has 1 nitrogen and oxygen atoms in total. The van der Waals surface area contributed by atoms with Gasteiger partial charge in [0.2, 0.25) is 5.69 Å². The molecule has 1 aliphatic heterocycles. The predicted molar refractivity (Wildman–Crippen MR) is 147 cm³/mol. The molecular formula is C31H20NS2+. The van der Waals surface area contributed by atoms with Gasteiger partial charge in [0.25, 0.3) is 0 Å². The molecule has 7 aromatic rings. The summed E-state index contributed by atoms with van der Waals surface area (Å²) < 4.78 is 5.10. The van der Waals surface area contributed by atoms with Crippen molar-refractivity contribution < 1.29 is 4.57 Å². The monoisotopic (exact) mass is 470 g/mol. The van der Waals surface area contributed by atoms with Crippen molar-refractivity contribution in [3.63, 3.8) is 0 Å². The van der Waals surface area contributed by atoms with Crippen LogP contribution in [0.5, 0.6) is 0 Å². The Bertz CT molecular complexity index is 2010. The lowest BCUT2D eigenvalue weighted by molar-refractivity contribution is -0.659. The summed E-state index contributed by atoms with van der Waals surface area (Å²) >= 11 is 3.89. The molecule has 3 heterocycles. The molecule has 1 aliphatic rings. The summed E-state index contributed by atoms with van der Waals surface area (Å²) in [6.45, 7) is 2.32. The van der Waals surface area contributed by atoms with Crippen LogP contribution < -0.4 is 4.57 Å². The van der Waals surface area contributed by atoms with E-state index in [4.69, 9.17) is 0 Å². The molecule has 34 heavy (non-hydrogen) atoms. The summed E-state index contributed by atoms with van der Waals surface area (Å²) in [6.07, 6.45) is 2.23. The van der Waals surface area contributed by atoms with E-state index in [-0.39, 0.29) is 0 Å². The molecule has 0 bridgehead atoms. The maximum absolute atomic E-state index is 2.42. The normalized spacial score (nSPS) is 12.9. The first kappa shape index (κ1) is 19.0. The van der Waals surface area contributed by atoms with Crippen molar-refractivity contribution in [2.24, 2.45) is 7.05 Å². The zero-order chi connectivity index (χ0) is 22.6. The van der Waals surface area contributed by atoms with Gasteiger partial charge in [-0.15, -0.1) is 11.3 Å². The number of benzene rings is 5. The molecule has 0 fully saturated rings. The van der Waals surface area contributed by atoms with E-state index >= 15 is 0 Å². The lowest BCUT2D eigenvalue weighted by Crippen LogP contribution is -2.31. The number of pyridine rings is 1. The second-order valence-electron chi connectivity index (χ2n) is 9.28. The highest BCUT2D eigenvalue weighted by molar-refractivity contribution is 8.00. The van der Waals surface area contributed by atoms with E-state index in [0.29, 0.717) is 0 Å². The number of nitrogens with zero attached hydrogens (tertiary/aromatic N) is 1. The quantitative estimate of drug-likeness (QED) is 0.158. The van der Waals surface area contributed by atoms with Crippen LogP contribution >= 0.6 is 23.1 Å². The first-order chi connectivity index (χ1) is 16.7. The summed E-state index contributed by atoms with van der Waals surface area (Å²) in [6, 6.07) is 29.3. The van der Waals surface area contributed by atoms with E-state index in [1.54, 1.807) is 0 Å². The Kier molecular flexibility index (Phi) is 3.68. The smallest absolute Gasteiger partial charge is 0.200 e. The maximum atomic E-state index is 2.42. The number of aryl methyl sites for hydroxylation is 2. The zero-order valence-corrected chi connectivity index (χ0v) is 20.5. The molecule has 0 amide bonds. The van der Waals surface area contributed by atoms with Gasteiger partial charge in [0.15, 0.2) is 6.20 Å². The van der Waals surface area contributed by atoms with Gasteiger partial charge in [-0.3, -0.25) is 0 Å². The Morgan fingerprint density at radius 2 is 1.47 bits per heavy atom. The number of hydrogen-bond donors (Lipinski definition) is 0. The minimum Gasteiger partial charge on any atom is -0.200 e. The van der Waals surface area contributed by atoms with Crippen LogP contribution in [0.4, 0.5) is 0 Å². The molecule has 0 atom stereocenters. The maximum Gasteiger partial charge on any atom is 0.222 e. The summed E-state index contributed by atoms with van der Waals surface area (Å²) in [5.74, 6) is 0. The van der Waals surface area contributed by atoms with E-state index in [0.717, 1.165) is 0 Å². The molecule has 160 valence electrons. The largest absolute Gasteiger partial charge is 0.222 e. The van der Waals surface area contributed by atoms with E-state index in [1.165, 1.54) is 79.1 Å². The molecule has 0 saturated carbocycles. The topological polar surface area (TPSA) is 3.88 Å².